The Balaban J connectivity index is 1.73. The molecule has 7 heteroatoms. The summed E-state index contributed by atoms with van der Waals surface area (Å²) in [5.41, 5.74) is 5.72. The van der Waals surface area contributed by atoms with Crippen molar-refractivity contribution < 1.29 is 14.4 Å². The van der Waals surface area contributed by atoms with Crippen molar-refractivity contribution in [3.63, 3.8) is 0 Å². The van der Waals surface area contributed by atoms with Crippen molar-refractivity contribution in [2.45, 2.75) is 18.0 Å². The summed E-state index contributed by atoms with van der Waals surface area (Å²) in [7, 11) is 0. The molecule has 2 unspecified atom stereocenters. The minimum atomic E-state index is -0.997. The van der Waals surface area contributed by atoms with Gasteiger partial charge in [-0.1, -0.05) is 30.3 Å². The molecule has 2 heterocycles. The fourth-order valence-electron chi connectivity index (χ4n) is 2.81. The second kappa shape index (κ2) is 4.85. The van der Waals surface area contributed by atoms with E-state index in [-0.39, 0.29) is 18.4 Å². The summed E-state index contributed by atoms with van der Waals surface area (Å²) in [6.45, 7) is 0.553. The molecule has 3 rings (SSSR count). The first-order valence-electron chi connectivity index (χ1n) is 6.75. The molecule has 2 aliphatic heterocycles. The summed E-state index contributed by atoms with van der Waals surface area (Å²) >= 11 is 0. The van der Waals surface area contributed by atoms with E-state index in [9.17, 15) is 14.4 Å². The van der Waals surface area contributed by atoms with Crippen molar-refractivity contribution in [3.05, 3.63) is 35.9 Å². The first kappa shape index (κ1) is 13.6. The standard InChI is InChI=1S/C14H16N4O3/c15-10(9-4-2-1-3-5-9)11(19)18-7-6-14(8-18)12(20)16-13(21)17-14/h1-5,10H,6-8,15H2,(H2,16,17,20,21). The van der Waals surface area contributed by atoms with Crippen LogP contribution in [0.1, 0.15) is 18.0 Å². The maximum absolute atomic E-state index is 12.4. The van der Waals surface area contributed by atoms with E-state index >= 15 is 0 Å². The number of benzene rings is 1. The Morgan fingerprint density at radius 1 is 1.29 bits per heavy atom. The monoisotopic (exact) mass is 288 g/mol. The highest BCUT2D eigenvalue weighted by atomic mass is 16.2. The van der Waals surface area contributed by atoms with Crippen LogP contribution in [-0.2, 0) is 9.59 Å². The van der Waals surface area contributed by atoms with Crippen LogP contribution < -0.4 is 16.4 Å². The van der Waals surface area contributed by atoms with Gasteiger partial charge in [0.1, 0.15) is 11.6 Å². The minimum absolute atomic E-state index is 0.157. The van der Waals surface area contributed by atoms with Gasteiger partial charge in [-0.15, -0.1) is 0 Å². The number of nitrogens with zero attached hydrogens (tertiary/aromatic N) is 1. The smallest absolute Gasteiger partial charge is 0.322 e. The van der Waals surface area contributed by atoms with Gasteiger partial charge >= 0.3 is 6.03 Å². The van der Waals surface area contributed by atoms with Gasteiger partial charge in [-0.3, -0.25) is 14.9 Å². The molecule has 21 heavy (non-hydrogen) atoms. The van der Waals surface area contributed by atoms with Gasteiger partial charge in [0.2, 0.25) is 5.91 Å². The zero-order valence-electron chi connectivity index (χ0n) is 11.3. The number of imide groups is 1. The molecule has 1 spiro atoms. The average molecular weight is 288 g/mol. The van der Waals surface area contributed by atoms with Gasteiger partial charge in [-0.25, -0.2) is 4.79 Å². The Labute approximate surface area is 121 Å². The third kappa shape index (κ3) is 2.25. The first-order valence-corrected chi connectivity index (χ1v) is 6.75. The number of amides is 4. The summed E-state index contributed by atoms with van der Waals surface area (Å²) in [5.74, 6) is -0.622. The highest BCUT2D eigenvalue weighted by molar-refractivity contribution is 6.07. The summed E-state index contributed by atoms with van der Waals surface area (Å²) in [6.07, 6.45) is 0.401. The lowest BCUT2D eigenvalue weighted by Gasteiger charge is -2.23. The van der Waals surface area contributed by atoms with Gasteiger partial charge in [0, 0.05) is 6.54 Å². The van der Waals surface area contributed by atoms with E-state index < -0.39 is 17.6 Å². The van der Waals surface area contributed by atoms with Crippen LogP contribution in [0.15, 0.2) is 30.3 Å². The SMILES string of the molecule is NC(C(=O)N1CCC2(C1)NC(=O)NC2=O)c1ccccc1. The number of hydrogen-bond donors (Lipinski definition) is 3. The molecule has 2 saturated heterocycles. The largest absolute Gasteiger partial charge is 0.338 e. The highest BCUT2D eigenvalue weighted by Gasteiger charge is 2.52. The normalized spacial score (nSPS) is 25.9. The lowest BCUT2D eigenvalue weighted by molar-refractivity contribution is -0.132. The number of hydrogen-bond acceptors (Lipinski definition) is 4. The Hall–Kier alpha value is -2.41. The average Bonchev–Trinajstić information content (AvgIpc) is 3.03. The van der Waals surface area contributed by atoms with E-state index in [4.69, 9.17) is 5.73 Å². The third-order valence-corrected chi connectivity index (χ3v) is 4.02. The summed E-state index contributed by atoms with van der Waals surface area (Å²) in [4.78, 5) is 37.1. The van der Waals surface area contributed by atoms with Crippen LogP contribution in [-0.4, -0.2) is 41.4 Å². The van der Waals surface area contributed by atoms with Crippen LogP contribution in [0.5, 0.6) is 0 Å². The van der Waals surface area contributed by atoms with Crippen molar-refractivity contribution in [1.82, 2.24) is 15.5 Å². The van der Waals surface area contributed by atoms with E-state index in [1.165, 1.54) is 4.90 Å². The number of likely N-dealkylation sites (tertiary alicyclic amines) is 1. The molecule has 1 aromatic carbocycles. The maximum Gasteiger partial charge on any atom is 0.322 e. The molecular formula is C14H16N4O3. The lowest BCUT2D eigenvalue weighted by atomic mass is 9.99. The van der Waals surface area contributed by atoms with Gasteiger partial charge in [0.05, 0.1) is 6.54 Å². The predicted molar refractivity (Wildman–Crippen MR) is 74.0 cm³/mol. The van der Waals surface area contributed by atoms with E-state index in [2.05, 4.69) is 10.6 Å². The van der Waals surface area contributed by atoms with Crippen LogP contribution in [0, 0.1) is 0 Å². The maximum atomic E-state index is 12.4. The van der Waals surface area contributed by atoms with Crippen molar-refractivity contribution in [2.75, 3.05) is 13.1 Å². The summed E-state index contributed by atoms with van der Waals surface area (Å²) in [6, 6.07) is 7.79. The van der Waals surface area contributed by atoms with E-state index in [1.54, 1.807) is 12.1 Å². The van der Waals surface area contributed by atoms with Crippen molar-refractivity contribution in [2.24, 2.45) is 5.73 Å². The van der Waals surface area contributed by atoms with Crippen LogP contribution in [0.4, 0.5) is 4.79 Å². The van der Waals surface area contributed by atoms with Crippen molar-refractivity contribution in [1.29, 1.82) is 0 Å². The van der Waals surface area contributed by atoms with E-state index in [0.29, 0.717) is 13.0 Å². The molecule has 4 N–H and O–H groups in total. The molecule has 110 valence electrons. The second-order valence-corrected chi connectivity index (χ2v) is 5.39. The number of rotatable bonds is 2. The van der Waals surface area contributed by atoms with E-state index in [0.717, 1.165) is 5.56 Å². The molecule has 0 saturated carbocycles. The molecule has 1 aromatic rings. The fourth-order valence-corrected chi connectivity index (χ4v) is 2.81. The highest BCUT2D eigenvalue weighted by Crippen LogP contribution is 2.26. The topological polar surface area (TPSA) is 105 Å². The number of urea groups is 1. The van der Waals surface area contributed by atoms with E-state index in [1.807, 2.05) is 18.2 Å². The first-order chi connectivity index (χ1) is 10.0. The lowest BCUT2D eigenvalue weighted by Crippen LogP contribution is -2.50. The van der Waals surface area contributed by atoms with Crippen LogP contribution in [0.3, 0.4) is 0 Å². The van der Waals surface area contributed by atoms with Crippen LogP contribution in [0.25, 0.3) is 0 Å². The van der Waals surface area contributed by atoms with Gasteiger partial charge in [0.25, 0.3) is 5.91 Å². The predicted octanol–water partition coefficient (Wildman–Crippen LogP) is -0.503. The molecule has 0 aromatic heterocycles. The molecule has 0 aliphatic carbocycles. The van der Waals surface area contributed by atoms with Gasteiger partial charge < -0.3 is 16.0 Å². The van der Waals surface area contributed by atoms with Crippen molar-refractivity contribution in [3.8, 4) is 0 Å². The Morgan fingerprint density at radius 3 is 2.62 bits per heavy atom. The summed E-state index contributed by atoms with van der Waals surface area (Å²) < 4.78 is 0. The molecular weight excluding hydrogens is 272 g/mol. The number of nitrogens with one attached hydrogen (secondary N) is 2. The Kier molecular flexibility index (Phi) is 3.13. The molecule has 4 amide bonds. The molecule has 2 atom stereocenters. The fraction of sp³-hybridized carbons (Fsp3) is 0.357. The summed E-state index contributed by atoms with van der Waals surface area (Å²) in [5, 5.41) is 4.82. The minimum Gasteiger partial charge on any atom is -0.338 e. The molecule has 0 radical (unpaired) electrons. The number of nitrogens with two attached hydrogens (primary N) is 1. The van der Waals surface area contributed by atoms with Gasteiger partial charge in [-0.05, 0) is 12.0 Å². The Bertz CT molecular complexity index is 603. The third-order valence-electron chi connectivity index (χ3n) is 4.02. The molecule has 2 aliphatic rings. The van der Waals surface area contributed by atoms with Gasteiger partial charge in [0.15, 0.2) is 0 Å². The molecule has 7 nitrogen and oxygen atoms in total. The molecule has 2 fully saturated rings. The Morgan fingerprint density at radius 2 is 2.00 bits per heavy atom. The zero-order valence-corrected chi connectivity index (χ0v) is 11.3. The molecule has 0 bridgehead atoms. The number of carbonyl (C=O) groups is 3. The second-order valence-electron chi connectivity index (χ2n) is 5.39. The number of carbonyl (C=O) groups excluding carboxylic acids is 3. The van der Waals surface area contributed by atoms with Gasteiger partial charge in [-0.2, -0.15) is 0 Å². The quantitative estimate of drug-likeness (QED) is 0.638. The zero-order chi connectivity index (χ0) is 15.0. The van der Waals surface area contributed by atoms with Crippen molar-refractivity contribution >= 4 is 17.8 Å². The van der Waals surface area contributed by atoms with Crippen LogP contribution >= 0.6 is 0 Å². The van der Waals surface area contributed by atoms with Crippen LogP contribution in [0.2, 0.25) is 0 Å².